The van der Waals surface area contributed by atoms with Crippen LogP contribution in [-0.2, 0) is 4.74 Å². The molecule has 1 saturated heterocycles. The number of hydrogen-bond acceptors (Lipinski definition) is 9. The molecule has 1 aliphatic heterocycles. The van der Waals surface area contributed by atoms with Gasteiger partial charge in [-0.1, -0.05) is 29.3 Å². The average Bonchev–Trinajstić information content (AvgIpc) is 3.65. The van der Waals surface area contributed by atoms with Gasteiger partial charge < -0.3 is 31.2 Å². The summed E-state index contributed by atoms with van der Waals surface area (Å²) in [5, 5.41) is 9.58. The molecule has 2 heterocycles. The first-order chi connectivity index (χ1) is 16.5. The lowest BCUT2D eigenvalue weighted by Gasteiger charge is -2.21. The number of allylic oxidation sites excluding steroid dienone is 1. The Bertz CT molecular complexity index is 1070. The van der Waals surface area contributed by atoms with E-state index < -0.39 is 5.91 Å². The minimum Gasteiger partial charge on any atom is -0.474 e. The van der Waals surface area contributed by atoms with Crippen LogP contribution >= 0.6 is 23.2 Å². The van der Waals surface area contributed by atoms with Gasteiger partial charge in [-0.2, -0.15) is 4.98 Å². The van der Waals surface area contributed by atoms with Crippen molar-refractivity contribution in [1.82, 2.24) is 15.3 Å². The quantitative estimate of drug-likeness (QED) is 0.382. The number of carbonyl (C=O) groups excluding carboxylic acids is 1. The molecule has 0 bridgehead atoms. The Morgan fingerprint density at radius 3 is 2.79 bits per heavy atom. The highest BCUT2D eigenvalue weighted by atomic mass is 35.5. The maximum absolute atomic E-state index is 12.9. The number of halogens is 2. The van der Waals surface area contributed by atoms with Crippen molar-refractivity contribution in [3.63, 3.8) is 0 Å². The molecule has 1 saturated carbocycles. The van der Waals surface area contributed by atoms with Crippen LogP contribution in [0.3, 0.4) is 0 Å². The van der Waals surface area contributed by atoms with Gasteiger partial charge in [0.05, 0.1) is 40.7 Å². The molecule has 10 nitrogen and oxygen atoms in total. The second-order valence-electron chi connectivity index (χ2n) is 7.72. The molecule has 1 aliphatic carbocycles. The summed E-state index contributed by atoms with van der Waals surface area (Å²) in [6.07, 6.45) is 6.12. The second-order valence-corrected chi connectivity index (χ2v) is 8.53. The Labute approximate surface area is 206 Å². The molecule has 2 aromatic rings. The van der Waals surface area contributed by atoms with Gasteiger partial charge in [-0.15, -0.1) is 0 Å². The lowest BCUT2D eigenvalue weighted by atomic mass is 10.2. The fourth-order valence-corrected chi connectivity index (χ4v) is 3.56. The Kier molecular flexibility index (Phi) is 8.17. The van der Waals surface area contributed by atoms with E-state index in [9.17, 15) is 4.79 Å². The van der Waals surface area contributed by atoms with Crippen LogP contribution in [0.4, 0.5) is 11.6 Å². The van der Waals surface area contributed by atoms with Gasteiger partial charge in [0.15, 0.2) is 0 Å². The number of nitrogens with one attached hydrogen (secondary N) is 3. The smallest absolute Gasteiger partial charge is 0.262 e. The molecule has 2 fully saturated rings. The first-order valence-electron chi connectivity index (χ1n) is 10.8. The van der Waals surface area contributed by atoms with Gasteiger partial charge in [0.2, 0.25) is 11.8 Å². The molecule has 1 amide bonds. The molecular formula is C22H25Cl2N7O3. The van der Waals surface area contributed by atoms with Gasteiger partial charge in [-0.25, -0.2) is 4.98 Å². The molecule has 4 rings (SSSR count). The Hall–Kier alpha value is -2.92. The Balaban J connectivity index is 1.46. The third kappa shape index (κ3) is 6.57. The summed E-state index contributed by atoms with van der Waals surface area (Å²) in [4.78, 5) is 25.9. The van der Waals surface area contributed by atoms with E-state index in [1.54, 1.807) is 24.4 Å². The van der Waals surface area contributed by atoms with E-state index in [-0.39, 0.29) is 29.6 Å². The van der Waals surface area contributed by atoms with E-state index in [1.165, 1.54) is 12.4 Å². The average molecular weight is 506 g/mol. The van der Waals surface area contributed by atoms with E-state index >= 15 is 0 Å². The van der Waals surface area contributed by atoms with E-state index in [4.69, 9.17) is 38.4 Å². The van der Waals surface area contributed by atoms with Crippen LogP contribution in [0.2, 0.25) is 10.0 Å². The van der Waals surface area contributed by atoms with Crippen molar-refractivity contribution in [2.75, 3.05) is 36.9 Å². The standard InChI is InChI=1S/C22H25Cl2N7O3/c23-17-2-1-3-18(24)19(17)30-20(32)16-12-28-22(31-21(16)34-14-4-5-14)29-13(8-25)9-27-11-15-10-26-6-7-33-15/h1-3,8-9,12,14-15,26H,4-7,10-11,25H2,(H,30,32)(H,28,29,31)/b13-8+,27-9?/t15-/m1/s1. The molecule has 0 unspecified atom stereocenters. The topological polar surface area (TPSA) is 136 Å². The molecule has 0 radical (unpaired) electrons. The van der Waals surface area contributed by atoms with Gasteiger partial charge >= 0.3 is 0 Å². The van der Waals surface area contributed by atoms with E-state index in [0.717, 1.165) is 25.9 Å². The summed E-state index contributed by atoms with van der Waals surface area (Å²) in [6.45, 7) is 2.75. The monoisotopic (exact) mass is 505 g/mol. The summed E-state index contributed by atoms with van der Waals surface area (Å²) in [7, 11) is 0. The largest absolute Gasteiger partial charge is 0.474 e. The van der Waals surface area contributed by atoms with Crippen LogP contribution in [0, 0.1) is 0 Å². The van der Waals surface area contributed by atoms with Crippen molar-refractivity contribution in [3.05, 3.63) is 51.9 Å². The fraction of sp³-hybridized carbons (Fsp3) is 0.364. The van der Waals surface area contributed by atoms with E-state index in [1.807, 2.05) is 0 Å². The number of para-hydroxylation sites is 1. The van der Waals surface area contributed by atoms with Crippen LogP contribution in [0.15, 0.2) is 41.3 Å². The zero-order chi connectivity index (χ0) is 23.9. The van der Waals surface area contributed by atoms with E-state index in [2.05, 4.69) is 30.9 Å². The zero-order valence-corrected chi connectivity index (χ0v) is 19.8. The van der Waals surface area contributed by atoms with Crippen molar-refractivity contribution < 1.29 is 14.3 Å². The number of benzene rings is 1. The van der Waals surface area contributed by atoms with Crippen molar-refractivity contribution in [1.29, 1.82) is 0 Å². The molecule has 2 aliphatic rings. The molecular weight excluding hydrogens is 481 g/mol. The highest BCUT2D eigenvalue weighted by Crippen LogP contribution is 2.32. The second kappa shape index (κ2) is 11.5. The van der Waals surface area contributed by atoms with Gasteiger partial charge in [0.25, 0.3) is 5.91 Å². The minimum atomic E-state index is -0.491. The number of aromatic nitrogens is 2. The van der Waals surface area contributed by atoms with Crippen LogP contribution in [0.5, 0.6) is 5.88 Å². The summed E-state index contributed by atoms with van der Waals surface area (Å²) in [5.74, 6) is -0.133. The molecule has 1 aromatic heterocycles. The van der Waals surface area contributed by atoms with Crippen molar-refractivity contribution >= 4 is 47.0 Å². The van der Waals surface area contributed by atoms with Crippen molar-refractivity contribution in [2.24, 2.45) is 10.7 Å². The number of carbonyl (C=O) groups is 1. The van der Waals surface area contributed by atoms with Crippen LogP contribution in [-0.4, -0.2) is 60.5 Å². The number of morpholine rings is 1. The Morgan fingerprint density at radius 2 is 2.12 bits per heavy atom. The maximum atomic E-state index is 12.9. The predicted octanol–water partition coefficient (Wildman–Crippen LogP) is 2.85. The number of aliphatic imine (C=N–C) groups is 1. The maximum Gasteiger partial charge on any atom is 0.262 e. The summed E-state index contributed by atoms with van der Waals surface area (Å²) >= 11 is 12.3. The van der Waals surface area contributed by atoms with E-state index in [0.29, 0.717) is 34.6 Å². The number of anilines is 2. The van der Waals surface area contributed by atoms with Crippen LogP contribution < -0.4 is 26.4 Å². The molecule has 0 spiro atoms. The molecule has 180 valence electrons. The minimum absolute atomic E-state index is 0.00777. The molecule has 34 heavy (non-hydrogen) atoms. The highest BCUT2D eigenvalue weighted by Gasteiger charge is 2.28. The van der Waals surface area contributed by atoms with Crippen molar-refractivity contribution in [2.45, 2.75) is 25.0 Å². The lowest BCUT2D eigenvalue weighted by Crippen LogP contribution is -2.40. The van der Waals surface area contributed by atoms with Gasteiger partial charge in [0, 0.05) is 31.7 Å². The Morgan fingerprint density at radius 1 is 1.32 bits per heavy atom. The number of hydrogen-bond donors (Lipinski definition) is 4. The van der Waals surface area contributed by atoms with Crippen molar-refractivity contribution in [3.8, 4) is 5.88 Å². The number of amides is 1. The predicted molar refractivity (Wildman–Crippen MR) is 132 cm³/mol. The summed E-state index contributed by atoms with van der Waals surface area (Å²) < 4.78 is 11.5. The van der Waals surface area contributed by atoms with Crippen LogP contribution in [0.1, 0.15) is 23.2 Å². The lowest BCUT2D eigenvalue weighted by molar-refractivity contribution is 0.0350. The normalized spacial score (nSPS) is 18.6. The third-order valence-electron chi connectivity index (χ3n) is 4.98. The number of rotatable bonds is 9. The molecule has 5 N–H and O–H groups in total. The summed E-state index contributed by atoms with van der Waals surface area (Å²) in [6, 6.07) is 4.96. The van der Waals surface area contributed by atoms with Crippen LogP contribution in [0.25, 0.3) is 0 Å². The number of nitrogens with zero attached hydrogens (tertiary/aromatic N) is 3. The number of nitrogens with two attached hydrogens (primary N) is 1. The molecule has 1 atom stereocenters. The van der Waals surface area contributed by atoms with Gasteiger partial charge in [0.1, 0.15) is 11.7 Å². The summed E-state index contributed by atoms with van der Waals surface area (Å²) in [5.41, 5.74) is 6.67. The number of ether oxygens (including phenoxy) is 2. The zero-order valence-electron chi connectivity index (χ0n) is 18.3. The van der Waals surface area contributed by atoms with Gasteiger partial charge in [-0.3, -0.25) is 9.79 Å². The fourth-order valence-electron chi connectivity index (χ4n) is 3.07. The first kappa shape index (κ1) is 24.2. The van der Waals surface area contributed by atoms with Gasteiger partial charge in [-0.05, 0) is 25.0 Å². The first-order valence-corrected chi connectivity index (χ1v) is 11.6. The molecule has 1 aromatic carbocycles. The highest BCUT2D eigenvalue weighted by molar-refractivity contribution is 6.40. The molecule has 12 heteroatoms. The SMILES string of the molecule is N/C=C(\C=NC[C@H]1CNCCO1)Nc1ncc(C(=O)Nc2c(Cl)cccc2Cl)c(OC2CC2)n1. The third-order valence-corrected chi connectivity index (χ3v) is 5.61.